The summed E-state index contributed by atoms with van der Waals surface area (Å²) >= 11 is 6.30. The number of rotatable bonds is 7. The number of methoxy groups -OCH3 is 3. The molecule has 0 radical (unpaired) electrons. The van der Waals surface area contributed by atoms with E-state index >= 15 is 0 Å². The lowest BCUT2D eigenvalue weighted by Crippen LogP contribution is -2.28. The maximum atomic E-state index is 13.8. The number of aryl methyl sites for hydroxylation is 2. The molecule has 0 saturated heterocycles. The second-order valence-corrected chi connectivity index (χ2v) is 9.62. The van der Waals surface area contributed by atoms with E-state index in [4.69, 9.17) is 30.5 Å². The van der Waals surface area contributed by atoms with Crippen molar-refractivity contribution in [3.63, 3.8) is 0 Å². The SMILES string of the molecule is COc1cc(OC)c(NC(=O)Cn2c3c(c(=O)n2-c2ccc(C)cc2C)Cc2cccc(OC)c2O3)cc1Cl. The smallest absolute Gasteiger partial charge is 0.278 e. The van der Waals surface area contributed by atoms with E-state index < -0.39 is 5.91 Å². The van der Waals surface area contributed by atoms with Crippen LogP contribution in [0.25, 0.3) is 5.69 Å². The topological polar surface area (TPSA) is 93.0 Å². The molecule has 1 amide bonds. The van der Waals surface area contributed by atoms with Gasteiger partial charge in [0.15, 0.2) is 11.5 Å². The number of benzene rings is 3. The third-order valence-electron chi connectivity index (χ3n) is 6.65. The van der Waals surface area contributed by atoms with Crippen LogP contribution in [0.4, 0.5) is 5.69 Å². The lowest BCUT2D eigenvalue weighted by molar-refractivity contribution is -0.117. The third kappa shape index (κ3) is 4.70. The van der Waals surface area contributed by atoms with Gasteiger partial charge < -0.3 is 24.3 Å². The highest BCUT2D eigenvalue weighted by atomic mass is 35.5. The van der Waals surface area contributed by atoms with E-state index in [9.17, 15) is 9.59 Å². The van der Waals surface area contributed by atoms with Gasteiger partial charge in [0.05, 0.1) is 43.3 Å². The van der Waals surface area contributed by atoms with Crippen LogP contribution in [-0.4, -0.2) is 36.6 Å². The average molecular weight is 550 g/mol. The molecule has 0 aliphatic carbocycles. The molecule has 1 N–H and O–H groups in total. The Hall–Kier alpha value is -4.37. The second kappa shape index (κ2) is 10.4. The number of amides is 1. The Morgan fingerprint density at radius 2 is 1.74 bits per heavy atom. The maximum absolute atomic E-state index is 13.8. The highest BCUT2D eigenvalue weighted by molar-refractivity contribution is 6.32. The van der Waals surface area contributed by atoms with E-state index in [-0.39, 0.29) is 18.0 Å². The number of anilines is 1. The minimum absolute atomic E-state index is 0.227. The predicted molar refractivity (Wildman–Crippen MR) is 149 cm³/mol. The number of nitrogens with one attached hydrogen (secondary N) is 1. The zero-order valence-electron chi connectivity index (χ0n) is 22.3. The largest absolute Gasteiger partial charge is 0.495 e. The molecular formula is C29H28ClN3O6. The summed E-state index contributed by atoms with van der Waals surface area (Å²) in [5.74, 6) is 1.71. The zero-order chi connectivity index (χ0) is 27.8. The number of hydrogen-bond acceptors (Lipinski definition) is 6. The number of aromatic nitrogens is 2. The molecule has 0 unspecified atom stereocenters. The van der Waals surface area contributed by atoms with Gasteiger partial charge in [-0.05, 0) is 37.6 Å². The number of carbonyl (C=O) groups excluding carboxylic acids is 1. The van der Waals surface area contributed by atoms with Crippen molar-refractivity contribution in [2.24, 2.45) is 0 Å². The Labute approximate surface area is 230 Å². The van der Waals surface area contributed by atoms with Crippen molar-refractivity contribution < 1.29 is 23.7 Å². The highest BCUT2D eigenvalue weighted by Gasteiger charge is 2.31. The van der Waals surface area contributed by atoms with Crippen molar-refractivity contribution in [1.82, 2.24) is 9.36 Å². The predicted octanol–water partition coefficient (Wildman–Crippen LogP) is 5.27. The second-order valence-electron chi connectivity index (χ2n) is 9.21. The molecule has 202 valence electrons. The van der Waals surface area contributed by atoms with Crippen LogP contribution in [-0.2, 0) is 17.8 Å². The molecule has 39 heavy (non-hydrogen) atoms. The van der Waals surface area contributed by atoms with E-state index in [1.165, 1.54) is 18.9 Å². The highest BCUT2D eigenvalue weighted by Crippen LogP contribution is 2.42. The minimum Gasteiger partial charge on any atom is -0.495 e. The van der Waals surface area contributed by atoms with Crippen LogP contribution in [0, 0.1) is 13.8 Å². The summed E-state index contributed by atoms with van der Waals surface area (Å²) < 4.78 is 25.5. The molecule has 1 aliphatic heterocycles. The maximum Gasteiger partial charge on any atom is 0.278 e. The molecule has 1 aromatic heterocycles. The van der Waals surface area contributed by atoms with Crippen LogP contribution in [0.2, 0.25) is 5.02 Å². The lowest BCUT2D eigenvalue weighted by atomic mass is 10.0. The van der Waals surface area contributed by atoms with Crippen molar-refractivity contribution in [2.75, 3.05) is 26.6 Å². The molecular weight excluding hydrogens is 522 g/mol. The molecule has 10 heteroatoms. The molecule has 0 bridgehead atoms. The van der Waals surface area contributed by atoms with Gasteiger partial charge in [0.1, 0.15) is 18.0 Å². The minimum atomic E-state index is -0.416. The van der Waals surface area contributed by atoms with Crippen molar-refractivity contribution in [3.8, 4) is 34.6 Å². The molecule has 5 rings (SSSR count). The molecule has 1 aliphatic rings. The van der Waals surface area contributed by atoms with Gasteiger partial charge in [0, 0.05) is 18.1 Å². The monoisotopic (exact) mass is 549 g/mol. The van der Waals surface area contributed by atoms with Crippen LogP contribution < -0.4 is 29.8 Å². The standard InChI is InChI=1S/C29H28ClN3O6/c1-16-9-10-22(17(2)11-16)33-28(35)19-12-18-7-6-8-23(36-3)27(18)39-29(19)32(33)15-26(34)31-21-13-20(30)24(37-4)14-25(21)38-5/h6-11,13-14H,12,15H2,1-5H3,(H,31,34). The average Bonchev–Trinajstić information content (AvgIpc) is 3.17. The first kappa shape index (κ1) is 26.2. The first-order valence-corrected chi connectivity index (χ1v) is 12.6. The summed E-state index contributed by atoms with van der Waals surface area (Å²) in [4.78, 5) is 27.3. The summed E-state index contributed by atoms with van der Waals surface area (Å²) in [5.41, 5.74) is 3.97. The van der Waals surface area contributed by atoms with Gasteiger partial charge in [0.25, 0.3) is 5.56 Å². The van der Waals surface area contributed by atoms with E-state index in [0.717, 1.165) is 16.7 Å². The Morgan fingerprint density at radius 3 is 2.44 bits per heavy atom. The summed E-state index contributed by atoms with van der Waals surface area (Å²) in [6, 6.07) is 14.5. The Morgan fingerprint density at radius 1 is 1.00 bits per heavy atom. The van der Waals surface area contributed by atoms with Gasteiger partial charge in [-0.25, -0.2) is 9.36 Å². The number of carbonyl (C=O) groups is 1. The van der Waals surface area contributed by atoms with Gasteiger partial charge in [0.2, 0.25) is 11.8 Å². The molecule has 2 heterocycles. The molecule has 0 saturated carbocycles. The lowest BCUT2D eigenvalue weighted by Gasteiger charge is -2.21. The molecule has 3 aromatic carbocycles. The summed E-state index contributed by atoms with van der Waals surface area (Å²) in [6.45, 7) is 3.68. The van der Waals surface area contributed by atoms with E-state index in [1.54, 1.807) is 30.0 Å². The van der Waals surface area contributed by atoms with Gasteiger partial charge in [-0.15, -0.1) is 0 Å². The van der Waals surface area contributed by atoms with Gasteiger partial charge in [-0.2, -0.15) is 0 Å². The van der Waals surface area contributed by atoms with Gasteiger partial charge in [-0.3, -0.25) is 9.59 Å². The van der Waals surface area contributed by atoms with E-state index in [0.29, 0.717) is 51.4 Å². The third-order valence-corrected chi connectivity index (χ3v) is 6.95. The van der Waals surface area contributed by atoms with Crippen molar-refractivity contribution in [2.45, 2.75) is 26.8 Å². The summed E-state index contributed by atoms with van der Waals surface area (Å²) in [5, 5.41) is 3.15. The van der Waals surface area contributed by atoms with Crippen molar-refractivity contribution in [1.29, 1.82) is 0 Å². The Bertz CT molecular complexity index is 1660. The first-order chi connectivity index (χ1) is 18.7. The molecule has 9 nitrogen and oxygen atoms in total. The van der Waals surface area contributed by atoms with Crippen LogP contribution >= 0.6 is 11.6 Å². The molecule has 4 aromatic rings. The molecule has 0 spiro atoms. The number of hydrogen-bond donors (Lipinski definition) is 1. The van der Waals surface area contributed by atoms with E-state index in [1.807, 2.05) is 44.2 Å². The zero-order valence-corrected chi connectivity index (χ0v) is 23.0. The molecule has 0 atom stereocenters. The Balaban J connectivity index is 1.60. The number of para-hydroxylation sites is 1. The molecule has 0 fully saturated rings. The normalized spacial score (nSPS) is 11.7. The number of halogens is 1. The van der Waals surface area contributed by atoms with Crippen molar-refractivity contribution >= 4 is 23.2 Å². The fraction of sp³-hybridized carbons (Fsp3) is 0.241. The van der Waals surface area contributed by atoms with Crippen LogP contribution in [0.5, 0.6) is 28.9 Å². The quantitative estimate of drug-likeness (QED) is 0.297. The first-order valence-electron chi connectivity index (χ1n) is 12.2. The number of ether oxygens (including phenoxy) is 4. The fourth-order valence-electron chi connectivity index (χ4n) is 4.81. The van der Waals surface area contributed by atoms with E-state index in [2.05, 4.69) is 5.32 Å². The number of fused-ring (bicyclic) bond motifs is 2. The van der Waals surface area contributed by atoms with Crippen LogP contribution in [0.15, 0.2) is 53.3 Å². The van der Waals surface area contributed by atoms with Crippen molar-refractivity contribution in [3.05, 3.63) is 86.2 Å². The van der Waals surface area contributed by atoms with Crippen LogP contribution in [0.1, 0.15) is 22.3 Å². The van der Waals surface area contributed by atoms with Gasteiger partial charge in [-0.1, -0.05) is 41.4 Å². The number of nitrogens with zero attached hydrogens (tertiary/aromatic N) is 2. The Kier molecular flexibility index (Phi) is 7.01. The summed E-state index contributed by atoms with van der Waals surface area (Å²) in [6.07, 6.45) is 0.335. The van der Waals surface area contributed by atoms with Gasteiger partial charge >= 0.3 is 0 Å². The van der Waals surface area contributed by atoms with Crippen LogP contribution in [0.3, 0.4) is 0 Å². The fourth-order valence-corrected chi connectivity index (χ4v) is 5.05. The summed E-state index contributed by atoms with van der Waals surface area (Å²) in [7, 11) is 4.54.